The van der Waals surface area contributed by atoms with E-state index in [9.17, 15) is 9.18 Å². The van der Waals surface area contributed by atoms with Gasteiger partial charge in [0.1, 0.15) is 5.82 Å². The third-order valence-corrected chi connectivity index (χ3v) is 5.18. The lowest BCUT2D eigenvalue weighted by Crippen LogP contribution is -2.40. The lowest BCUT2D eigenvalue weighted by atomic mass is 9.94. The van der Waals surface area contributed by atoms with Crippen molar-refractivity contribution >= 4 is 5.91 Å². The molecule has 1 aliphatic heterocycles. The first-order chi connectivity index (χ1) is 12.5. The number of piperidine rings is 1. The fourth-order valence-electron chi connectivity index (χ4n) is 3.59. The predicted molar refractivity (Wildman–Crippen MR) is 102 cm³/mol. The van der Waals surface area contributed by atoms with E-state index in [0.29, 0.717) is 0 Å². The first kappa shape index (κ1) is 18.6. The predicted octanol–water partition coefficient (Wildman–Crippen LogP) is 4.22. The summed E-state index contributed by atoms with van der Waals surface area (Å²) < 4.78 is 13.0. The SMILES string of the molecule is Cc1cccc(CN2CCC(C(=O)N[C@@H](C)c3ccc(F)cc3)CC2)c1. The van der Waals surface area contributed by atoms with Crippen molar-refractivity contribution in [2.45, 2.75) is 39.3 Å². The Morgan fingerprint density at radius 1 is 1.19 bits per heavy atom. The van der Waals surface area contributed by atoms with Gasteiger partial charge in [-0.1, -0.05) is 42.0 Å². The molecular weight excluding hydrogens is 327 g/mol. The molecule has 0 aromatic heterocycles. The van der Waals surface area contributed by atoms with E-state index in [4.69, 9.17) is 0 Å². The summed E-state index contributed by atoms with van der Waals surface area (Å²) in [6.07, 6.45) is 1.77. The van der Waals surface area contributed by atoms with Gasteiger partial charge in [-0.05, 0) is 63.0 Å². The van der Waals surface area contributed by atoms with Crippen molar-refractivity contribution in [1.29, 1.82) is 0 Å². The summed E-state index contributed by atoms with van der Waals surface area (Å²) >= 11 is 0. The molecule has 2 aromatic carbocycles. The summed E-state index contributed by atoms with van der Waals surface area (Å²) in [7, 11) is 0. The molecule has 1 atom stereocenters. The van der Waals surface area contributed by atoms with Crippen molar-refractivity contribution in [2.24, 2.45) is 5.92 Å². The molecule has 1 amide bonds. The van der Waals surface area contributed by atoms with Gasteiger partial charge < -0.3 is 5.32 Å². The van der Waals surface area contributed by atoms with Crippen LogP contribution in [-0.2, 0) is 11.3 Å². The molecule has 1 N–H and O–H groups in total. The maximum absolute atomic E-state index is 13.0. The molecule has 0 bridgehead atoms. The second-order valence-electron chi connectivity index (χ2n) is 7.32. The molecule has 0 spiro atoms. The average molecular weight is 354 g/mol. The zero-order chi connectivity index (χ0) is 18.5. The van der Waals surface area contributed by atoms with Crippen LogP contribution in [0.1, 0.15) is 42.5 Å². The van der Waals surface area contributed by atoms with E-state index < -0.39 is 0 Å². The van der Waals surface area contributed by atoms with Crippen molar-refractivity contribution in [3.05, 3.63) is 71.0 Å². The lowest BCUT2D eigenvalue weighted by Gasteiger charge is -2.32. The number of rotatable bonds is 5. The van der Waals surface area contributed by atoms with Crippen LogP contribution >= 0.6 is 0 Å². The monoisotopic (exact) mass is 354 g/mol. The number of benzene rings is 2. The number of aryl methyl sites for hydroxylation is 1. The Hall–Kier alpha value is -2.20. The highest BCUT2D eigenvalue weighted by molar-refractivity contribution is 5.79. The quantitative estimate of drug-likeness (QED) is 0.872. The van der Waals surface area contributed by atoms with Crippen LogP contribution < -0.4 is 5.32 Å². The number of nitrogens with one attached hydrogen (secondary N) is 1. The van der Waals surface area contributed by atoms with Crippen molar-refractivity contribution in [2.75, 3.05) is 13.1 Å². The van der Waals surface area contributed by atoms with Crippen molar-refractivity contribution in [3.63, 3.8) is 0 Å². The standard InChI is InChI=1S/C22H27FN2O/c1-16-4-3-5-18(14-16)15-25-12-10-20(11-13-25)22(26)24-17(2)19-6-8-21(23)9-7-19/h3-9,14,17,20H,10-13,15H2,1-2H3,(H,24,26)/t17-/m0/s1. The average Bonchev–Trinajstić information content (AvgIpc) is 2.63. The first-order valence-corrected chi connectivity index (χ1v) is 9.35. The van der Waals surface area contributed by atoms with E-state index in [0.717, 1.165) is 38.0 Å². The van der Waals surface area contributed by atoms with Gasteiger partial charge in [0, 0.05) is 12.5 Å². The number of carbonyl (C=O) groups excluding carboxylic acids is 1. The van der Waals surface area contributed by atoms with Crippen LogP contribution in [0.3, 0.4) is 0 Å². The summed E-state index contributed by atoms with van der Waals surface area (Å²) in [5.41, 5.74) is 3.54. The third kappa shape index (κ3) is 4.92. The van der Waals surface area contributed by atoms with Crippen LogP contribution in [0.4, 0.5) is 4.39 Å². The highest BCUT2D eigenvalue weighted by Gasteiger charge is 2.26. The Balaban J connectivity index is 1.48. The van der Waals surface area contributed by atoms with Gasteiger partial charge in [0.15, 0.2) is 0 Å². The normalized spacial score (nSPS) is 17.0. The Bertz CT molecular complexity index is 736. The molecule has 0 saturated carbocycles. The molecule has 2 aromatic rings. The number of halogens is 1. The minimum absolute atomic E-state index is 0.0617. The van der Waals surface area contributed by atoms with E-state index in [-0.39, 0.29) is 23.7 Å². The molecule has 4 heteroatoms. The fraction of sp³-hybridized carbons (Fsp3) is 0.409. The molecule has 138 valence electrons. The Kier molecular flexibility index (Phi) is 6.04. The van der Waals surface area contributed by atoms with E-state index in [2.05, 4.69) is 41.4 Å². The summed E-state index contributed by atoms with van der Waals surface area (Å²) in [5, 5.41) is 3.08. The summed E-state index contributed by atoms with van der Waals surface area (Å²) in [5.74, 6) is -0.0862. The van der Waals surface area contributed by atoms with E-state index in [1.807, 2.05) is 6.92 Å². The molecule has 1 heterocycles. The highest BCUT2D eigenvalue weighted by atomic mass is 19.1. The summed E-state index contributed by atoms with van der Waals surface area (Å²) in [4.78, 5) is 15.0. The number of hydrogen-bond acceptors (Lipinski definition) is 2. The van der Waals surface area contributed by atoms with Crippen LogP contribution in [-0.4, -0.2) is 23.9 Å². The van der Waals surface area contributed by atoms with E-state index in [1.54, 1.807) is 12.1 Å². The first-order valence-electron chi connectivity index (χ1n) is 9.35. The Labute approximate surface area is 155 Å². The maximum Gasteiger partial charge on any atom is 0.223 e. The van der Waals surface area contributed by atoms with E-state index in [1.165, 1.54) is 23.3 Å². The third-order valence-electron chi connectivity index (χ3n) is 5.18. The maximum atomic E-state index is 13.0. The van der Waals surface area contributed by atoms with E-state index >= 15 is 0 Å². The molecule has 0 radical (unpaired) electrons. The minimum atomic E-state index is -0.256. The van der Waals surface area contributed by atoms with Crippen LogP contribution in [0.5, 0.6) is 0 Å². The smallest absolute Gasteiger partial charge is 0.223 e. The van der Waals surface area contributed by atoms with Gasteiger partial charge in [-0.15, -0.1) is 0 Å². The molecule has 1 aliphatic rings. The van der Waals surface area contributed by atoms with Crippen LogP contribution in [0.25, 0.3) is 0 Å². The highest BCUT2D eigenvalue weighted by Crippen LogP contribution is 2.21. The van der Waals surface area contributed by atoms with Crippen LogP contribution in [0.2, 0.25) is 0 Å². The van der Waals surface area contributed by atoms with Gasteiger partial charge in [-0.25, -0.2) is 4.39 Å². The van der Waals surface area contributed by atoms with Gasteiger partial charge in [0.25, 0.3) is 0 Å². The topological polar surface area (TPSA) is 32.3 Å². The Morgan fingerprint density at radius 2 is 1.88 bits per heavy atom. The van der Waals surface area contributed by atoms with Crippen LogP contribution in [0, 0.1) is 18.7 Å². The van der Waals surface area contributed by atoms with Gasteiger partial charge >= 0.3 is 0 Å². The zero-order valence-corrected chi connectivity index (χ0v) is 15.5. The van der Waals surface area contributed by atoms with Crippen molar-refractivity contribution in [3.8, 4) is 0 Å². The second-order valence-corrected chi connectivity index (χ2v) is 7.32. The lowest BCUT2D eigenvalue weighted by molar-refractivity contribution is -0.127. The molecule has 3 rings (SSSR count). The van der Waals surface area contributed by atoms with Gasteiger partial charge in [-0.2, -0.15) is 0 Å². The van der Waals surface area contributed by atoms with Crippen molar-refractivity contribution < 1.29 is 9.18 Å². The molecular formula is C22H27FN2O. The van der Waals surface area contributed by atoms with Gasteiger partial charge in [0.05, 0.1) is 6.04 Å². The number of likely N-dealkylation sites (tertiary alicyclic amines) is 1. The second kappa shape index (κ2) is 8.45. The summed E-state index contributed by atoms with van der Waals surface area (Å²) in [6, 6.07) is 14.8. The molecule has 26 heavy (non-hydrogen) atoms. The zero-order valence-electron chi connectivity index (χ0n) is 15.5. The number of amides is 1. The van der Waals surface area contributed by atoms with Crippen LogP contribution in [0.15, 0.2) is 48.5 Å². The molecule has 1 fully saturated rings. The number of nitrogens with zero attached hydrogens (tertiary/aromatic N) is 1. The number of carbonyl (C=O) groups is 1. The largest absolute Gasteiger partial charge is 0.349 e. The minimum Gasteiger partial charge on any atom is -0.349 e. The molecule has 1 saturated heterocycles. The molecule has 3 nitrogen and oxygen atoms in total. The van der Waals surface area contributed by atoms with Gasteiger partial charge in [-0.3, -0.25) is 9.69 Å². The fourth-order valence-corrected chi connectivity index (χ4v) is 3.59. The number of hydrogen-bond donors (Lipinski definition) is 1. The molecule has 0 unspecified atom stereocenters. The van der Waals surface area contributed by atoms with Crippen molar-refractivity contribution in [1.82, 2.24) is 10.2 Å². The summed E-state index contributed by atoms with van der Waals surface area (Å²) in [6.45, 7) is 6.89. The Morgan fingerprint density at radius 3 is 2.54 bits per heavy atom. The molecule has 0 aliphatic carbocycles. The van der Waals surface area contributed by atoms with Gasteiger partial charge in [0.2, 0.25) is 5.91 Å².